The Morgan fingerprint density at radius 2 is 0.788 bits per heavy atom. The van der Waals surface area contributed by atoms with Gasteiger partial charge in [-0.15, -0.1) is 0 Å². The van der Waals surface area contributed by atoms with Gasteiger partial charge in [0.05, 0.1) is 39.2 Å². The van der Waals surface area contributed by atoms with E-state index in [0.29, 0.717) is 0 Å². The topological polar surface area (TPSA) is 43.0 Å². The lowest BCUT2D eigenvalue weighted by Crippen LogP contribution is -2.15. The third-order valence-corrected chi connectivity index (χ3v) is 13.2. The fourth-order valence-corrected chi connectivity index (χ4v) is 10.2. The molecule has 0 N–H and O–H groups in total. The number of para-hydroxylation sites is 11. The summed E-state index contributed by atoms with van der Waals surface area (Å²) in [7, 11) is 0. The lowest BCUT2D eigenvalue weighted by Gasteiger charge is -2.32. The van der Waals surface area contributed by atoms with Gasteiger partial charge in [-0.2, -0.15) is 0 Å². The molecule has 0 fully saturated rings. The predicted molar refractivity (Wildman–Crippen MR) is 268 cm³/mol. The summed E-state index contributed by atoms with van der Waals surface area (Å²) < 4.78 is 22.4. The van der Waals surface area contributed by atoms with Crippen molar-refractivity contribution >= 4 is 77.9 Å². The van der Waals surface area contributed by atoms with E-state index in [2.05, 4.69) is 190 Å². The van der Waals surface area contributed by atoms with Crippen LogP contribution in [0.25, 0.3) is 71.7 Å². The van der Waals surface area contributed by atoms with Crippen LogP contribution < -0.4 is 19.3 Å². The van der Waals surface area contributed by atoms with Crippen LogP contribution in [0.2, 0.25) is 0 Å². The first-order valence-electron chi connectivity index (χ1n) is 22.2. The maximum Gasteiger partial charge on any atom is 0.151 e. The van der Waals surface area contributed by atoms with Crippen LogP contribution >= 0.6 is 0 Å². The molecule has 0 amide bonds. The number of hydrogen-bond acceptors (Lipinski definition) is 5. The van der Waals surface area contributed by atoms with Crippen molar-refractivity contribution in [3.8, 4) is 50.9 Å². The van der Waals surface area contributed by atoms with E-state index in [9.17, 15) is 0 Å². The standard InChI is InChI=1S/C60H37N3O3/c1-2-15-40(16-3-1)63-48-20-5-4-17-44(48)47-37-46(39-31-35-42(36-32-39)62-51-23-8-12-27-55(51)65-56-28-13-9-24-52(56)62)60-57(58(47)63)45-19-14-18-43(59(45)66-60)38-29-33-41(34-30-38)61-49-21-6-10-25-53(49)64-54-26-11-7-22-50(54)61/h1-37H. The first-order valence-corrected chi connectivity index (χ1v) is 22.2. The predicted octanol–water partition coefficient (Wildman–Crippen LogP) is 17.2. The van der Waals surface area contributed by atoms with E-state index in [-0.39, 0.29) is 0 Å². The van der Waals surface area contributed by atoms with E-state index in [4.69, 9.17) is 13.9 Å². The molecular formula is C60H37N3O3. The molecule has 310 valence electrons. The third kappa shape index (κ3) is 5.42. The van der Waals surface area contributed by atoms with Gasteiger partial charge < -0.3 is 28.3 Å². The van der Waals surface area contributed by atoms with Gasteiger partial charge in [0.25, 0.3) is 0 Å². The molecule has 10 aromatic carbocycles. The van der Waals surface area contributed by atoms with Gasteiger partial charge in [-0.25, -0.2) is 0 Å². The largest absolute Gasteiger partial charge is 0.455 e. The summed E-state index contributed by atoms with van der Waals surface area (Å²) in [6.07, 6.45) is 0. The molecule has 0 unspecified atom stereocenters. The summed E-state index contributed by atoms with van der Waals surface area (Å²) in [5, 5.41) is 4.50. The van der Waals surface area contributed by atoms with Crippen molar-refractivity contribution in [2.45, 2.75) is 0 Å². The van der Waals surface area contributed by atoms with Crippen LogP contribution in [0.1, 0.15) is 0 Å². The van der Waals surface area contributed by atoms with E-state index in [0.717, 1.165) is 118 Å². The first kappa shape index (κ1) is 36.5. The van der Waals surface area contributed by atoms with E-state index >= 15 is 0 Å². The molecule has 66 heavy (non-hydrogen) atoms. The quantitative estimate of drug-likeness (QED) is 0.173. The molecule has 0 saturated heterocycles. The van der Waals surface area contributed by atoms with Crippen molar-refractivity contribution in [1.29, 1.82) is 0 Å². The fourth-order valence-electron chi connectivity index (χ4n) is 10.2. The molecule has 14 rings (SSSR count). The highest BCUT2D eigenvalue weighted by molar-refractivity contribution is 6.28. The Bertz CT molecular complexity index is 3800. The molecule has 6 heteroatoms. The zero-order chi connectivity index (χ0) is 43.3. The normalized spacial score (nSPS) is 12.7. The molecule has 0 atom stereocenters. The Morgan fingerprint density at radius 1 is 0.318 bits per heavy atom. The molecule has 4 heterocycles. The minimum absolute atomic E-state index is 0.826. The number of fused-ring (bicyclic) bond motifs is 11. The van der Waals surface area contributed by atoms with Crippen LogP contribution in [0.4, 0.5) is 34.1 Å². The van der Waals surface area contributed by atoms with Crippen molar-refractivity contribution in [3.05, 3.63) is 224 Å². The van der Waals surface area contributed by atoms with E-state index in [1.807, 2.05) is 48.5 Å². The Balaban J connectivity index is 0.972. The number of benzene rings is 10. The van der Waals surface area contributed by atoms with Gasteiger partial charge in [0, 0.05) is 44.3 Å². The summed E-state index contributed by atoms with van der Waals surface area (Å²) in [4.78, 5) is 4.55. The highest BCUT2D eigenvalue weighted by atomic mass is 16.5. The van der Waals surface area contributed by atoms with Crippen molar-refractivity contribution in [2.75, 3.05) is 9.80 Å². The van der Waals surface area contributed by atoms with E-state index in [1.165, 1.54) is 10.8 Å². The van der Waals surface area contributed by atoms with Crippen LogP contribution in [0.15, 0.2) is 229 Å². The van der Waals surface area contributed by atoms with Gasteiger partial charge in [0.15, 0.2) is 23.0 Å². The molecule has 0 radical (unpaired) electrons. The maximum atomic E-state index is 7.33. The number of ether oxygens (including phenoxy) is 2. The number of furan rings is 1. The minimum atomic E-state index is 0.826. The molecule has 12 aromatic rings. The Hall–Kier alpha value is -9.00. The van der Waals surface area contributed by atoms with Crippen LogP contribution in [0.5, 0.6) is 23.0 Å². The molecular weight excluding hydrogens is 811 g/mol. The highest BCUT2D eigenvalue weighted by Gasteiger charge is 2.28. The number of aromatic nitrogens is 1. The second-order valence-corrected chi connectivity index (χ2v) is 16.8. The summed E-state index contributed by atoms with van der Waals surface area (Å²) in [5.41, 5.74) is 15.3. The summed E-state index contributed by atoms with van der Waals surface area (Å²) in [6.45, 7) is 0. The molecule has 2 aliphatic heterocycles. The van der Waals surface area contributed by atoms with Crippen LogP contribution in [0, 0.1) is 0 Å². The van der Waals surface area contributed by atoms with Gasteiger partial charge in [0.2, 0.25) is 0 Å². The van der Waals surface area contributed by atoms with Crippen molar-refractivity contribution in [2.24, 2.45) is 0 Å². The van der Waals surface area contributed by atoms with Gasteiger partial charge >= 0.3 is 0 Å². The van der Waals surface area contributed by atoms with Gasteiger partial charge in [-0.3, -0.25) is 0 Å². The number of anilines is 6. The molecule has 0 aliphatic carbocycles. The fraction of sp³-hybridized carbons (Fsp3) is 0. The molecule has 2 aliphatic rings. The molecule has 0 spiro atoms. The summed E-state index contributed by atoms with van der Waals surface area (Å²) in [6, 6.07) is 78.8. The molecule has 0 bridgehead atoms. The second-order valence-electron chi connectivity index (χ2n) is 16.8. The van der Waals surface area contributed by atoms with Crippen molar-refractivity contribution in [1.82, 2.24) is 4.57 Å². The van der Waals surface area contributed by atoms with Crippen LogP contribution in [-0.2, 0) is 0 Å². The highest BCUT2D eigenvalue weighted by Crippen LogP contribution is 2.53. The second kappa shape index (κ2) is 14.3. The first-order chi connectivity index (χ1) is 32.7. The Labute approximate surface area is 380 Å². The van der Waals surface area contributed by atoms with Gasteiger partial charge in [-0.05, 0) is 108 Å². The van der Waals surface area contributed by atoms with E-state index < -0.39 is 0 Å². The Morgan fingerprint density at radius 3 is 1.35 bits per heavy atom. The van der Waals surface area contributed by atoms with Crippen molar-refractivity contribution in [3.63, 3.8) is 0 Å². The average molecular weight is 848 g/mol. The van der Waals surface area contributed by atoms with Crippen LogP contribution in [-0.4, -0.2) is 4.57 Å². The van der Waals surface area contributed by atoms with Gasteiger partial charge in [0.1, 0.15) is 11.2 Å². The third-order valence-electron chi connectivity index (χ3n) is 13.2. The number of hydrogen-bond donors (Lipinski definition) is 0. The smallest absolute Gasteiger partial charge is 0.151 e. The summed E-state index contributed by atoms with van der Waals surface area (Å²) in [5.74, 6) is 3.31. The average Bonchev–Trinajstić information content (AvgIpc) is 3.94. The van der Waals surface area contributed by atoms with Gasteiger partial charge in [-0.1, -0.05) is 127 Å². The zero-order valence-electron chi connectivity index (χ0n) is 35.4. The minimum Gasteiger partial charge on any atom is -0.455 e. The number of rotatable bonds is 5. The Kier molecular flexibility index (Phi) is 7.88. The summed E-state index contributed by atoms with van der Waals surface area (Å²) >= 11 is 0. The number of nitrogens with zero attached hydrogens (tertiary/aromatic N) is 3. The lowest BCUT2D eigenvalue weighted by atomic mass is 9.97. The lowest BCUT2D eigenvalue weighted by molar-refractivity contribution is 0.477. The molecule has 6 nitrogen and oxygen atoms in total. The monoisotopic (exact) mass is 847 g/mol. The van der Waals surface area contributed by atoms with Crippen molar-refractivity contribution < 1.29 is 13.9 Å². The van der Waals surface area contributed by atoms with E-state index in [1.54, 1.807) is 0 Å². The maximum absolute atomic E-state index is 7.33. The van der Waals surface area contributed by atoms with Crippen LogP contribution in [0.3, 0.4) is 0 Å². The zero-order valence-corrected chi connectivity index (χ0v) is 35.4. The molecule has 0 saturated carbocycles. The SMILES string of the molecule is c1ccc(-n2c3ccccc3c3cc(-c4ccc(N5c6ccccc6Oc6ccccc65)cc4)c4oc5c(-c6ccc(N7c8ccccc8Oc8ccccc87)cc6)cccc5c4c32)cc1. The molecule has 2 aromatic heterocycles.